The minimum absolute atomic E-state index is 0.626. The Bertz CT molecular complexity index is 1000. The SMILES string of the molecule is CN=C(NCCc1nc(C)no1)N(C)Cc1cc(C)n(-c2ccc(OC)cc2)c1C. The van der Waals surface area contributed by atoms with Crippen LogP contribution in [0.5, 0.6) is 5.75 Å². The van der Waals surface area contributed by atoms with Crippen LogP contribution in [0.2, 0.25) is 0 Å². The van der Waals surface area contributed by atoms with Crippen LogP contribution in [-0.2, 0) is 13.0 Å². The highest BCUT2D eigenvalue weighted by molar-refractivity contribution is 5.79. The number of aryl methyl sites for hydroxylation is 2. The first-order valence-corrected chi connectivity index (χ1v) is 9.96. The molecular weight excluding hydrogens is 380 g/mol. The lowest BCUT2D eigenvalue weighted by molar-refractivity contribution is 0.373. The van der Waals surface area contributed by atoms with Crippen molar-refractivity contribution in [2.24, 2.45) is 4.99 Å². The summed E-state index contributed by atoms with van der Waals surface area (Å²) in [6.45, 7) is 7.50. The summed E-state index contributed by atoms with van der Waals surface area (Å²) in [6, 6.07) is 10.3. The highest BCUT2D eigenvalue weighted by atomic mass is 16.5. The minimum Gasteiger partial charge on any atom is -0.497 e. The first kappa shape index (κ1) is 21.4. The fourth-order valence-electron chi connectivity index (χ4n) is 3.56. The van der Waals surface area contributed by atoms with Gasteiger partial charge in [-0.25, -0.2) is 0 Å². The molecule has 1 aromatic carbocycles. The molecule has 0 aliphatic carbocycles. The molecule has 2 aromatic heterocycles. The third-order valence-electron chi connectivity index (χ3n) is 5.04. The number of ether oxygens (including phenoxy) is 1. The van der Waals surface area contributed by atoms with Crippen molar-refractivity contribution in [3.8, 4) is 11.4 Å². The first-order valence-electron chi connectivity index (χ1n) is 9.96. The summed E-state index contributed by atoms with van der Waals surface area (Å²) in [4.78, 5) is 10.7. The maximum absolute atomic E-state index is 5.27. The summed E-state index contributed by atoms with van der Waals surface area (Å²) in [5.74, 6) is 2.95. The van der Waals surface area contributed by atoms with Crippen LogP contribution in [0, 0.1) is 20.8 Å². The van der Waals surface area contributed by atoms with Gasteiger partial charge in [-0.05, 0) is 56.7 Å². The predicted molar refractivity (Wildman–Crippen MR) is 117 cm³/mol. The number of nitrogens with one attached hydrogen (secondary N) is 1. The molecule has 0 saturated heterocycles. The van der Waals surface area contributed by atoms with E-state index >= 15 is 0 Å². The van der Waals surface area contributed by atoms with Gasteiger partial charge in [0, 0.05) is 50.7 Å². The highest BCUT2D eigenvalue weighted by Gasteiger charge is 2.14. The van der Waals surface area contributed by atoms with Crippen molar-refractivity contribution in [2.45, 2.75) is 33.7 Å². The van der Waals surface area contributed by atoms with Crippen molar-refractivity contribution in [3.05, 3.63) is 59.0 Å². The number of hydrogen-bond donors (Lipinski definition) is 1. The summed E-state index contributed by atoms with van der Waals surface area (Å²) < 4.78 is 12.7. The van der Waals surface area contributed by atoms with Crippen LogP contribution in [0.15, 0.2) is 39.8 Å². The second kappa shape index (κ2) is 9.47. The lowest BCUT2D eigenvalue weighted by Gasteiger charge is -2.22. The van der Waals surface area contributed by atoms with Gasteiger partial charge in [0.15, 0.2) is 11.8 Å². The van der Waals surface area contributed by atoms with Gasteiger partial charge in [0.25, 0.3) is 0 Å². The second-order valence-electron chi connectivity index (χ2n) is 7.25. The van der Waals surface area contributed by atoms with Gasteiger partial charge in [0.2, 0.25) is 5.89 Å². The number of aliphatic imine (C=N–C) groups is 1. The van der Waals surface area contributed by atoms with Gasteiger partial charge in [-0.1, -0.05) is 5.16 Å². The molecule has 0 saturated carbocycles. The topological polar surface area (TPSA) is 80.7 Å². The van der Waals surface area contributed by atoms with Gasteiger partial charge in [0.1, 0.15) is 5.75 Å². The molecule has 0 radical (unpaired) electrons. The third-order valence-corrected chi connectivity index (χ3v) is 5.04. The van der Waals surface area contributed by atoms with Gasteiger partial charge >= 0.3 is 0 Å². The van der Waals surface area contributed by atoms with E-state index in [-0.39, 0.29) is 0 Å². The molecular formula is C22H30N6O2. The highest BCUT2D eigenvalue weighted by Crippen LogP contribution is 2.23. The molecule has 8 nitrogen and oxygen atoms in total. The van der Waals surface area contributed by atoms with Gasteiger partial charge in [-0.3, -0.25) is 4.99 Å². The predicted octanol–water partition coefficient (Wildman–Crippen LogP) is 3.04. The molecule has 1 N–H and O–H groups in total. The average molecular weight is 411 g/mol. The maximum atomic E-state index is 5.27. The largest absolute Gasteiger partial charge is 0.497 e. The van der Waals surface area contributed by atoms with Crippen LogP contribution in [0.25, 0.3) is 5.69 Å². The number of hydrogen-bond acceptors (Lipinski definition) is 5. The van der Waals surface area contributed by atoms with Gasteiger partial charge in [-0.2, -0.15) is 4.98 Å². The number of nitrogens with zero attached hydrogens (tertiary/aromatic N) is 5. The lowest BCUT2D eigenvalue weighted by Crippen LogP contribution is -2.39. The molecule has 0 atom stereocenters. The van der Waals surface area contributed by atoms with Crippen LogP contribution in [0.1, 0.15) is 28.7 Å². The molecule has 0 amide bonds. The molecule has 8 heteroatoms. The average Bonchev–Trinajstić information content (AvgIpc) is 3.27. The Morgan fingerprint density at radius 3 is 2.57 bits per heavy atom. The number of methoxy groups -OCH3 is 1. The fourth-order valence-corrected chi connectivity index (χ4v) is 3.56. The minimum atomic E-state index is 0.626. The Labute approximate surface area is 177 Å². The van der Waals surface area contributed by atoms with Gasteiger partial charge < -0.3 is 24.0 Å². The molecule has 0 aliphatic rings. The maximum Gasteiger partial charge on any atom is 0.228 e. The first-order chi connectivity index (χ1) is 14.4. The van der Waals surface area contributed by atoms with E-state index in [1.807, 2.05) is 26.1 Å². The normalized spacial score (nSPS) is 11.6. The van der Waals surface area contributed by atoms with E-state index in [0.29, 0.717) is 24.7 Å². The molecule has 0 unspecified atom stereocenters. The molecule has 160 valence electrons. The Kier molecular flexibility index (Phi) is 6.76. The number of guanidine groups is 1. The van der Waals surface area contributed by atoms with Crippen LogP contribution in [-0.4, -0.2) is 53.3 Å². The van der Waals surface area contributed by atoms with Crippen molar-refractivity contribution in [3.63, 3.8) is 0 Å². The van der Waals surface area contributed by atoms with E-state index in [1.165, 1.54) is 17.0 Å². The van der Waals surface area contributed by atoms with E-state index in [9.17, 15) is 0 Å². The van der Waals surface area contributed by atoms with E-state index in [4.69, 9.17) is 9.26 Å². The molecule has 30 heavy (non-hydrogen) atoms. The van der Waals surface area contributed by atoms with Crippen molar-refractivity contribution in [2.75, 3.05) is 27.7 Å². The van der Waals surface area contributed by atoms with E-state index in [1.54, 1.807) is 14.2 Å². The van der Waals surface area contributed by atoms with Crippen molar-refractivity contribution >= 4 is 5.96 Å². The number of aromatic nitrogens is 3. The van der Waals surface area contributed by atoms with Crippen LogP contribution in [0.3, 0.4) is 0 Å². The smallest absolute Gasteiger partial charge is 0.228 e. The van der Waals surface area contributed by atoms with E-state index < -0.39 is 0 Å². The van der Waals surface area contributed by atoms with Crippen molar-refractivity contribution in [1.82, 2.24) is 24.9 Å². The summed E-state index contributed by atoms with van der Waals surface area (Å²) in [6.07, 6.45) is 0.652. The Morgan fingerprint density at radius 1 is 1.23 bits per heavy atom. The van der Waals surface area contributed by atoms with Crippen molar-refractivity contribution in [1.29, 1.82) is 0 Å². The monoisotopic (exact) mass is 410 g/mol. The zero-order valence-corrected chi connectivity index (χ0v) is 18.6. The van der Waals surface area contributed by atoms with Crippen molar-refractivity contribution < 1.29 is 9.26 Å². The Balaban J connectivity index is 1.66. The molecule has 0 aliphatic heterocycles. The quantitative estimate of drug-likeness (QED) is 0.476. The lowest BCUT2D eigenvalue weighted by atomic mass is 10.2. The summed E-state index contributed by atoms with van der Waals surface area (Å²) in [5, 5.41) is 7.18. The van der Waals surface area contributed by atoms with E-state index in [0.717, 1.165) is 23.9 Å². The van der Waals surface area contributed by atoms with Crippen LogP contribution in [0.4, 0.5) is 0 Å². The summed E-state index contributed by atoms with van der Waals surface area (Å²) in [5.41, 5.74) is 4.77. The van der Waals surface area contributed by atoms with Gasteiger partial charge in [-0.15, -0.1) is 0 Å². The zero-order valence-electron chi connectivity index (χ0n) is 18.6. The summed E-state index contributed by atoms with van der Waals surface area (Å²) >= 11 is 0. The standard InChI is InChI=1S/C22H30N6O2/c1-15-13-18(16(2)28(15)19-7-9-20(29-6)10-8-19)14-27(5)22(23-4)24-12-11-21-25-17(3)26-30-21/h7-10,13H,11-12,14H2,1-6H3,(H,23,24). The zero-order chi connectivity index (χ0) is 21.7. The summed E-state index contributed by atoms with van der Waals surface area (Å²) in [7, 11) is 5.50. The number of benzene rings is 1. The van der Waals surface area contributed by atoms with Crippen LogP contribution >= 0.6 is 0 Å². The third kappa shape index (κ3) is 4.82. The van der Waals surface area contributed by atoms with Gasteiger partial charge in [0.05, 0.1) is 7.11 Å². The molecule has 2 heterocycles. The molecule has 3 rings (SSSR count). The van der Waals surface area contributed by atoms with Crippen LogP contribution < -0.4 is 10.1 Å². The second-order valence-corrected chi connectivity index (χ2v) is 7.25. The Hall–Kier alpha value is -3.29. The molecule has 0 spiro atoms. The number of rotatable bonds is 7. The molecule has 0 bridgehead atoms. The molecule has 0 fully saturated rings. The Morgan fingerprint density at radius 2 is 1.97 bits per heavy atom. The van der Waals surface area contributed by atoms with E-state index in [2.05, 4.69) is 62.0 Å². The fraction of sp³-hybridized carbons (Fsp3) is 0.409. The molecule has 3 aromatic rings.